The van der Waals surface area contributed by atoms with Crippen molar-refractivity contribution in [3.05, 3.63) is 36.6 Å². The molecule has 0 N–H and O–H groups in total. The van der Waals surface area contributed by atoms with Gasteiger partial charge in [0.15, 0.2) is 0 Å². The summed E-state index contributed by atoms with van der Waals surface area (Å²) in [4.78, 5) is 0. The molecule has 0 atom stereocenters. The fraction of sp³-hybridized carbons (Fsp3) is 0.400. The molecule has 0 aromatic rings. The molecule has 0 radical (unpaired) electrons. The van der Waals surface area contributed by atoms with E-state index >= 15 is 0 Å². The van der Waals surface area contributed by atoms with Crippen LogP contribution < -0.4 is 0 Å². The number of hydrogen-bond acceptors (Lipinski definition) is 1. The molecule has 0 aliphatic heterocycles. The van der Waals surface area contributed by atoms with Crippen LogP contribution in [-0.2, 0) is 4.74 Å². The highest BCUT2D eigenvalue weighted by Gasteiger charge is 1.92. The van der Waals surface area contributed by atoms with Crippen LogP contribution in [0.15, 0.2) is 36.6 Å². The Labute approximate surface area is 69.1 Å². The molecule has 0 aromatic heterocycles. The molecular weight excluding hydrogens is 136 g/mol. The van der Waals surface area contributed by atoms with Crippen molar-refractivity contribution < 1.29 is 4.74 Å². The van der Waals surface area contributed by atoms with Crippen LogP contribution in [0.2, 0.25) is 0 Å². The summed E-state index contributed by atoms with van der Waals surface area (Å²) in [7, 11) is 0. The Balaban J connectivity index is 3.78. The first kappa shape index (κ1) is 10.0. The second kappa shape index (κ2) is 4.78. The van der Waals surface area contributed by atoms with Crippen LogP contribution in [0.3, 0.4) is 0 Å². The maximum Gasteiger partial charge on any atom is 0.112 e. The smallest absolute Gasteiger partial charge is 0.112 e. The zero-order chi connectivity index (χ0) is 8.85. The average molecular weight is 152 g/mol. The summed E-state index contributed by atoms with van der Waals surface area (Å²) in [6, 6.07) is 0. The van der Waals surface area contributed by atoms with E-state index in [1.165, 1.54) is 0 Å². The maximum atomic E-state index is 5.28. The Morgan fingerprint density at radius 2 is 1.82 bits per heavy atom. The normalized spacial score (nSPS) is 10.5. The van der Waals surface area contributed by atoms with E-state index in [0.717, 1.165) is 5.57 Å². The quantitative estimate of drug-likeness (QED) is 0.444. The number of rotatable bonds is 4. The largest absolute Gasteiger partial charge is 0.492 e. The van der Waals surface area contributed by atoms with E-state index < -0.39 is 0 Å². The molecule has 1 heteroatoms. The summed E-state index contributed by atoms with van der Waals surface area (Å²) >= 11 is 0. The van der Waals surface area contributed by atoms with Gasteiger partial charge in [0.2, 0.25) is 0 Å². The first-order valence-corrected chi connectivity index (χ1v) is 3.71. The predicted octanol–water partition coefficient (Wildman–Crippen LogP) is 3.06. The summed E-state index contributed by atoms with van der Waals surface area (Å²) in [6.07, 6.45) is 3.89. The lowest BCUT2D eigenvalue weighted by Crippen LogP contribution is -1.99. The van der Waals surface area contributed by atoms with Crippen LogP contribution in [0.25, 0.3) is 0 Å². The molecular formula is C10H16O. The Hall–Kier alpha value is -0.980. The SMILES string of the molecule is C=C(C)/C=C\C(=C)OC(C)C. The van der Waals surface area contributed by atoms with Crippen LogP contribution >= 0.6 is 0 Å². The van der Waals surface area contributed by atoms with E-state index in [-0.39, 0.29) is 6.10 Å². The molecule has 0 fully saturated rings. The van der Waals surface area contributed by atoms with Gasteiger partial charge in [0.1, 0.15) is 5.76 Å². The Morgan fingerprint density at radius 3 is 2.18 bits per heavy atom. The van der Waals surface area contributed by atoms with E-state index in [1.54, 1.807) is 0 Å². The summed E-state index contributed by atoms with van der Waals surface area (Å²) < 4.78 is 5.28. The van der Waals surface area contributed by atoms with Crippen molar-refractivity contribution in [2.24, 2.45) is 0 Å². The minimum Gasteiger partial charge on any atom is -0.492 e. The van der Waals surface area contributed by atoms with Gasteiger partial charge >= 0.3 is 0 Å². The van der Waals surface area contributed by atoms with Gasteiger partial charge in [-0.05, 0) is 26.8 Å². The highest BCUT2D eigenvalue weighted by atomic mass is 16.5. The van der Waals surface area contributed by atoms with Crippen molar-refractivity contribution in [2.45, 2.75) is 26.9 Å². The van der Waals surface area contributed by atoms with E-state index in [1.807, 2.05) is 32.9 Å². The lowest BCUT2D eigenvalue weighted by atomic mass is 10.3. The standard InChI is InChI=1S/C10H16O/c1-8(2)6-7-10(5)11-9(3)4/h6-7,9H,1,5H2,2-4H3/b7-6-. The lowest BCUT2D eigenvalue weighted by molar-refractivity contribution is 0.159. The molecule has 0 aliphatic rings. The lowest BCUT2D eigenvalue weighted by Gasteiger charge is -2.08. The molecule has 0 bridgehead atoms. The van der Waals surface area contributed by atoms with Gasteiger partial charge in [-0.3, -0.25) is 0 Å². The fourth-order valence-electron chi connectivity index (χ4n) is 0.577. The minimum atomic E-state index is 0.192. The first-order chi connectivity index (χ1) is 5.02. The number of hydrogen-bond donors (Lipinski definition) is 0. The van der Waals surface area contributed by atoms with Gasteiger partial charge in [0.05, 0.1) is 6.10 Å². The van der Waals surface area contributed by atoms with Crippen molar-refractivity contribution in [3.63, 3.8) is 0 Å². The van der Waals surface area contributed by atoms with Gasteiger partial charge in [0, 0.05) is 0 Å². The van der Waals surface area contributed by atoms with Crippen LogP contribution in [0.5, 0.6) is 0 Å². The zero-order valence-corrected chi connectivity index (χ0v) is 7.55. The van der Waals surface area contributed by atoms with Crippen LogP contribution in [0, 0.1) is 0 Å². The predicted molar refractivity (Wildman–Crippen MR) is 49.3 cm³/mol. The molecule has 1 nitrogen and oxygen atoms in total. The van der Waals surface area contributed by atoms with Gasteiger partial charge in [-0.25, -0.2) is 0 Å². The highest BCUT2D eigenvalue weighted by molar-refractivity contribution is 5.19. The highest BCUT2D eigenvalue weighted by Crippen LogP contribution is 2.02. The summed E-state index contributed by atoms with van der Waals surface area (Å²) in [5, 5.41) is 0. The molecule has 0 saturated heterocycles. The van der Waals surface area contributed by atoms with Crippen molar-refractivity contribution in [3.8, 4) is 0 Å². The summed E-state index contributed by atoms with van der Waals surface area (Å²) in [6.45, 7) is 13.3. The monoisotopic (exact) mass is 152 g/mol. The topological polar surface area (TPSA) is 9.23 Å². The molecule has 62 valence electrons. The molecule has 0 aromatic carbocycles. The van der Waals surface area contributed by atoms with Crippen LogP contribution in [0.1, 0.15) is 20.8 Å². The Kier molecular flexibility index (Phi) is 4.35. The van der Waals surface area contributed by atoms with E-state index in [9.17, 15) is 0 Å². The molecule has 0 heterocycles. The van der Waals surface area contributed by atoms with E-state index in [2.05, 4.69) is 13.2 Å². The van der Waals surface area contributed by atoms with Crippen molar-refractivity contribution in [1.82, 2.24) is 0 Å². The average Bonchev–Trinajstić information content (AvgIpc) is 1.82. The van der Waals surface area contributed by atoms with Gasteiger partial charge in [0.25, 0.3) is 0 Å². The molecule has 0 unspecified atom stereocenters. The van der Waals surface area contributed by atoms with Crippen LogP contribution in [-0.4, -0.2) is 6.10 Å². The third-order valence-electron chi connectivity index (χ3n) is 0.941. The molecule has 0 aliphatic carbocycles. The van der Waals surface area contributed by atoms with Crippen LogP contribution in [0.4, 0.5) is 0 Å². The summed E-state index contributed by atoms with van der Waals surface area (Å²) in [5.74, 6) is 0.683. The maximum absolute atomic E-state index is 5.28. The minimum absolute atomic E-state index is 0.192. The molecule has 0 rings (SSSR count). The van der Waals surface area contributed by atoms with Gasteiger partial charge in [-0.2, -0.15) is 0 Å². The Bertz CT molecular complexity index is 175. The van der Waals surface area contributed by atoms with Gasteiger partial charge in [-0.1, -0.05) is 24.8 Å². The van der Waals surface area contributed by atoms with Crippen molar-refractivity contribution in [2.75, 3.05) is 0 Å². The second-order valence-electron chi connectivity index (χ2n) is 2.81. The third kappa shape index (κ3) is 6.91. The first-order valence-electron chi connectivity index (χ1n) is 3.71. The molecule has 0 amide bonds. The Morgan fingerprint density at radius 1 is 1.27 bits per heavy atom. The molecule has 11 heavy (non-hydrogen) atoms. The molecule has 0 saturated carbocycles. The molecule has 0 spiro atoms. The zero-order valence-electron chi connectivity index (χ0n) is 7.55. The second-order valence-corrected chi connectivity index (χ2v) is 2.81. The summed E-state index contributed by atoms with van der Waals surface area (Å²) in [5.41, 5.74) is 0.999. The van der Waals surface area contributed by atoms with Crippen molar-refractivity contribution in [1.29, 1.82) is 0 Å². The van der Waals surface area contributed by atoms with Gasteiger partial charge < -0.3 is 4.74 Å². The van der Waals surface area contributed by atoms with E-state index in [0.29, 0.717) is 5.76 Å². The fourth-order valence-corrected chi connectivity index (χ4v) is 0.577. The third-order valence-corrected chi connectivity index (χ3v) is 0.941. The number of allylic oxidation sites excluding steroid dienone is 3. The number of ether oxygens (including phenoxy) is 1. The van der Waals surface area contributed by atoms with Gasteiger partial charge in [-0.15, -0.1) is 0 Å². The van der Waals surface area contributed by atoms with Crippen molar-refractivity contribution >= 4 is 0 Å². The van der Waals surface area contributed by atoms with E-state index in [4.69, 9.17) is 4.74 Å².